The molecule has 0 amide bonds. The third-order valence-corrected chi connectivity index (χ3v) is 7.65. The number of anilines is 2. The van der Waals surface area contributed by atoms with Crippen LogP contribution in [0.3, 0.4) is 0 Å². The van der Waals surface area contributed by atoms with Crippen molar-refractivity contribution in [3.8, 4) is 23.4 Å². The summed E-state index contributed by atoms with van der Waals surface area (Å²) >= 11 is 3.27. The predicted octanol–water partition coefficient (Wildman–Crippen LogP) is 5.09. The minimum Gasteiger partial charge on any atom is -0.471 e. The molecule has 2 heterocycles. The van der Waals surface area contributed by atoms with Gasteiger partial charge >= 0.3 is 6.01 Å². The largest absolute Gasteiger partial charge is 0.471 e. The highest BCUT2D eigenvalue weighted by Gasteiger charge is 2.25. The lowest BCUT2D eigenvalue weighted by atomic mass is 9.87. The van der Waals surface area contributed by atoms with E-state index in [9.17, 15) is 13.5 Å². The Morgan fingerprint density at radius 1 is 0.930 bits per heavy atom. The van der Waals surface area contributed by atoms with E-state index in [2.05, 4.69) is 45.9 Å². The first-order valence-electron chi connectivity index (χ1n) is 13.3. The summed E-state index contributed by atoms with van der Waals surface area (Å²) in [5.41, 5.74) is 1.85. The number of halogens is 1. The number of aromatic nitrogens is 4. The average Bonchev–Trinajstić information content (AvgIpc) is 2.97. The highest BCUT2D eigenvalue weighted by atomic mass is 79.9. The van der Waals surface area contributed by atoms with Crippen molar-refractivity contribution in [2.24, 2.45) is 0 Å². The summed E-state index contributed by atoms with van der Waals surface area (Å²) in [6.45, 7) is 8.02. The summed E-state index contributed by atoms with van der Waals surface area (Å²) in [6.07, 6.45) is 3.10. The summed E-state index contributed by atoms with van der Waals surface area (Å²) in [5, 5.41) is 12.2. The number of nitrogens with zero attached hydrogens (tertiary/aromatic N) is 4. The van der Waals surface area contributed by atoms with Crippen LogP contribution in [0.4, 0.5) is 11.8 Å². The van der Waals surface area contributed by atoms with Gasteiger partial charge in [0.25, 0.3) is 15.9 Å². The van der Waals surface area contributed by atoms with Gasteiger partial charge in [0.15, 0.2) is 5.82 Å². The van der Waals surface area contributed by atoms with Crippen LogP contribution in [0, 0.1) is 6.92 Å². The second-order valence-electron chi connectivity index (χ2n) is 10.4. The normalized spacial score (nSPS) is 11.6. The Balaban J connectivity index is 1.68. The molecule has 228 valence electrons. The molecule has 0 aliphatic heterocycles. The lowest BCUT2D eigenvalue weighted by Crippen LogP contribution is -2.18. The molecule has 4 aromatic rings. The molecule has 4 rings (SSSR count). The fraction of sp³-hybridized carbons (Fsp3) is 0.310. The molecule has 0 saturated carbocycles. The predicted molar refractivity (Wildman–Crippen MR) is 166 cm³/mol. The highest BCUT2D eigenvalue weighted by Crippen LogP contribution is 2.38. The first-order valence-corrected chi connectivity index (χ1v) is 15.6. The zero-order valence-electron chi connectivity index (χ0n) is 24.2. The molecule has 0 fully saturated rings. The summed E-state index contributed by atoms with van der Waals surface area (Å²) in [5.74, 6) is 0.135. The molecule has 0 radical (unpaired) electrons. The number of nitrogens with one attached hydrogen (secondary N) is 2. The molecule has 0 aliphatic rings. The van der Waals surface area contributed by atoms with Crippen molar-refractivity contribution < 1.29 is 27.7 Å². The first-order chi connectivity index (χ1) is 20.4. The van der Waals surface area contributed by atoms with Gasteiger partial charge in [-0.3, -0.25) is 4.72 Å². The van der Waals surface area contributed by atoms with Gasteiger partial charge in [0.2, 0.25) is 11.7 Å². The molecule has 0 atom stereocenters. The summed E-state index contributed by atoms with van der Waals surface area (Å²) in [6, 6.07) is 13.9. The van der Waals surface area contributed by atoms with Gasteiger partial charge in [0.05, 0.1) is 16.0 Å². The average molecular weight is 674 g/mol. The molecule has 2 aromatic carbocycles. The molecule has 14 heteroatoms. The number of ether oxygens (including phenoxy) is 3. The Bertz CT molecular complexity index is 1610. The quantitative estimate of drug-likeness (QED) is 0.162. The Morgan fingerprint density at radius 3 is 2.21 bits per heavy atom. The van der Waals surface area contributed by atoms with Crippen LogP contribution in [0.5, 0.6) is 23.4 Å². The second-order valence-corrected chi connectivity index (χ2v) is 13.0. The van der Waals surface area contributed by atoms with E-state index in [1.54, 1.807) is 36.7 Å². The molecule has 3 N–H and O–H groups in total. The third-order valence-electron chi connectivity index (χ3n) is 5.88. The maximum atomic E-state index is 13.5. The van der Waals surface area contributed by atoms with Crippen LogP contribution in [0.25, 0.3) is 0 Å². The molecule has 0 spiro atoms. The van der Waals surface area contributed by atoms with Crippen LogP contribution in [-0.2, 0) is 15.4 Å². The van der Waals surface area contributed by atoms with Gasteiger partial charge < -0.3 is 24.6 Å². The van der Waals surface area contributed by atoms with Gasteiger partial charge in [0.1, 0.15) is 19.0 Å². The third kappa shape index (κ3) is 8.99. The van der Waals surface area contributed by atoms with Gasteiger partial charge in [0, 0.05) is 18.9 Å². The number of sulfonamides is 1. The van der Waals surface area contributed by atoms with Gasteiger partial charge in [-0.2, -0.15) is 9.97 Å². The van der Waals surface area contributed by atoms with Gasteiger partial charge in [-0.25, -0.2) is 18.4 Å². The molecule has 2 aromatic heterocycles. The van der Waals surface area contributed by atoms with E-state index in [-0.39, 0.29) is 66.1 Å². The SMILES string of the molecule is Cc1ccc(Oc2c(NS(=O)(=O)c3ccc(C(C)(C)C)cc3)nc(NCCO)nc2OCCOc2ncc(Br)cn2)cc1. The summed E-state index contributed by atoms with van der Waals surface area (Å²) in [4.78, 5) is 16.9. The molecule has 0 aliphatic carbocycles. The van der Waals surface area contributed by atoms with E-state index in [4.69, 9.17) is 14.2 Å². The van der Waals surface area contributed by atoms with E-state index in [1.807, 2.05) is 39.8 Å². The Labute approximate surface area is 259 Å². The second kappa shape index (κ2) is 14.0. The van der Waals surface area contributed by atoms with Crippen molar-refractivity contribution in [2.45, 2.75) is 38.0 Å². The van der Waals surface area contributed by atoms with Crippen molar-refractivity contribution in [2.75, 3.05) is 36.4 Å². The van der Waals surface area contributed by atoms with Crippen LogP contribution in [0.1, 0.15) is 31.9 Å². The minimum atomic E-state index is -4.11. The summed E-state index contributed by atoms with van der Waals surface area (Å²) in [7, 11) is -4.11. The lowest BCUT2D eigenvalue weighted by Gasteiger charge is -2.20. The fourth-order valence-electron chi connectivity index (χ4n) is 3.63. The van der Waals surface area contributed by atoms with E-state index >= 15 is 0 Å². The lowest BCUT2D eigenvalue weighted by molar-refractivity contribution is 0.197. The van der Waals surface area contributed by atoms with Crippen LogP contribution >= 0.6 is 15.9 Å². The van der Waals surface area contributed by atoms with Crippen molar-refractivity contribution >= 4 is 37.7 Å². The minimum absolute atomic E-state index is 0.0123. The topological polar surface area (TPSA) is 158 Å². The van der Waals surface area contributed by atoms with Crippen LogP contribution < -0.4 is 24.2 Å². The zero-order valence-corrected chi connectivity index (χ0v) is 26.6. The Kier molecular flexibility index (Phi) is 10.4. The van der Waals surface area contributed by atoms with Gasteiger partial charge in [-0.15, -0.1) is 0 Å². The van der Waals surface area contributed by atoms with E-state index < -0.39 is 10.0 Å². The number of aliphatic hydroxyl groups is 1. The Morgan fingerprint density at radius 2 is 1.58 bits per heavy atom. The van der Waals surface area contributed by atoms with Crippen molar-refractivity contribution in [1.82, 2.24) is 19.9 Å². The van der Waals surface area contributed by atoms with Gasteiger partial charge in [-0.1, -0.05) is 50.6 Å². The smallest absolute Gasteiger partial charge is 0.316 e. The number of hydrogen-bond acceptors (Lipinski definition) is 11. The first kappa shape index (κ1) is 31.9. The molecule has 0 unspecified atom stereocenters. The number of benzene rings is 2. The van der Waals surface area contributed by atoms with E-state index in [0.717, 1.165) is 11.1 Å². The molecule has 0 bridgehead atoms. The van der Waals surface area contributed by atoms with Gasteiger partial charge in [-0.05, 0) is 58.1 Å². The van der Waals surface area contributed by atoms with Crippen molar-refractivity contribution in [3.63, 3.8) is 0 Å². The fourth-order valence-corrected chi connectivity index (χ4v) is 4.84. The molecular weight excluding hydrogens is 640 g/mol. The molecule has 43 heavy (non-hydrogen) atoms. The standard InChI is InChI=1S/C29H33BrN6O6S/c1-19-5-9-22(10-6-19)42-24-25(36-43(38,39)23-11-7-20(8-12-23)29(2,3)4)34-27(31-13-14-37)35-26(24)40-15-16-41-28-32-17-21(30)18-33-28/h5-12,17-18,37H,13-16H2,1-4H3,(H2,31,34,35,36). The number of aliphatic hydroxyl groups excluding tert-OH is 1. The molecular formula is C29H33BrN6O6S. The van der Waals surface area contributed by atoms with Crippen LogP contribution in [0.2, 0.25) is 0 Å². The Hall–Kier alpha value is -4.01. The van der Waals surface area contributed by atoms with Crippen LogP contribution in [0.15, 0.2) is 70.3 Å². The molecule has 12 nitrogen and oxygen atoms in total. The highest BCUT2D eigenvalue weighted by molar-refractivity contribution is 9.10. The van der Waals surface area contributed by atoms with Crippen molar-refractivity contribution in [1.29, 1.82) is 0 Å². The summed E-state index contributed by atoms with van der Waals surface area (Å²) < 4.78 is 47.8. The molecule has 0 saturated heterocycles. The van der Waals surface area contributed by atoms with Crippen LogP contribution in [-0.4, -0.2) is 59.8 Å². The van der Waals surface area contributed by atoms with E-state index in [1.165, 1.54) is 12.1 Å². The number of rotatable bonds is 13. The van der Waals surface area contributed by atoms with E-state index in [0.29, 0.717) is 10.2 Å². The number of aryl methyl sites for hydroxylation is 1. The monoisotopic (exact) mass is 672 g/mol. The zero-order chi connectivity index (χ0) is 31.0. The van der Waals surface area contributed by atoms with Crippen molar-refractivity contribution in [3.05, 3.63) is 76.5 Å². The maximum Gasteiger partial charge on any atom is 0.316 e. The number of hydrogen-bond donors (Lipinski definition) is 3. The maximum absolute atomic E-state index is 13.5.